The van der Waals surface area contributed by atoms with E-state index in [0.717, 1.165) is 56.3 Å². The Morgan fingerprint density at radius 3 is 2.51 bits per heavy atom. The summed E-state index contributed by atoms with van der Waals surface area (Å²) in [5.41, 5.74) is 2.08. The average Bonchev–Trinajstić information content (AvgIpc) is 2.99. The van der Waals surface area contributed by atoms with Crippen LogP contribution in [-0.2, 0) is 16.4 Å². The largest absolute Gasteiger partial charge is 0.390 e. The fourth-order valence-electron chi connectivity index (χ4n) is 6.23. The van der Waals surface area contributed by atoms with Crippen molar-refractivity contribution >= 4 is 32.6 Å². The van der Waals surface area contributed by atoms with Gasteiger partial charge in [-0.1, -0.05) is 6.07 Å². The molecule has 4 heterocycles. The number of anilines is 1. The molecule has 1 amide bonds. The number of sulfone groups is 1. The van der Waals surface area contributed by atoms with Crippen LogP contribution in [0.3, 0.4) is 0 Å². The molecule has 1 saturated carbocycles. The van der Waals surface area contributed by atoms with Crippen LogP contribution in [-0.4, -0.2) is 63.8 Å². The molecule has 10 nitrogen and oxygen atoms in total. The molecule has 3 aromatic heterocycles. The Bertz CT molecular complexity index is 1800. The first-order chi connectivity index (χ1) is 20.4. The molecule has 1 aromatic carbocycles. The smallest absolute Gasteiger partial charge is 0.341 e. The van der Waals surface area contributed by atoms with Gasteiger partial charge in [0.05, 0.1) is 39.6 Å². The third-order valence-electron chi connectivity index (χ3n) is 8.24. The number of carbonyl (C=O) groups excluding carboxylic acids is 1. The van der Waals surface area contributed by atoms with Crippen molar-refractivity contribution in [1.29, 1.82) is 0 Å². The van der Waals surface area contributed by atoms with Gasteiger partial charge in [0.15, 0.2) is 0 Å². The first-order valence-electron chi connectivity index (χ1n) is 13.9. The molecule has 0 bridgehead atoms. The molecule has 1 aliphatic heterocycles. The molecule has 1 aliphatic carbocycles. The predicted molar refractivity (Wildman–Crippen MR) is 155 cm³/mol. The first-order valence-corrected chi connectivity index (χ1v) is 15.4. The van der Waals surface area contributed by atoms with Crippen LogP contribution in [0.2, 0.25) is 0 Å². The first kappa shape index (κ1) is 29.0. The Hall–Kier alpha value is -4.10. The highest BCUT2D eigenvalue weighted by Gasteiger charge is 2.51. The lowest BCUT2D eigenvalue weighted by atomic mass is 9.56. The normalized spacial score (nSPS) is 17.7. The maximum atomic E-state index is 12.9. The Morgan fingerprint density at radius 1 is 1.05 bits per heavy atom. The van der Waals surface area contributed by atoms with Crippen molar-refractivity contribution in [2.75, 3.05) is 18.0 Å². The zero-order chi connectivity index (χ0) is 30.4. The van der Waals surface area contributed by atoms with Crippen LogP contribution in [0.1, 0.15) is 48.7 Å². The molecule has 43 heavy (non-hydrogen) atoms. The molecular formula is C30H30F2N6O4S. The molecule has 1 saturated heterocycles. The van der Waals surface area contributed by atoms with Gasteiger partial charge in [-0.25, -0.2) is 23.4 Å². The van der Waals surface area contributed by atoms with Gasteiger partial charge >= 0.3 is 5.76 Å². The SMILES string of the molecule is CC1(O)CC2(CCN(c3nccc(-c4ccc5cnc(CNC(=O)c6cccc(S(=O)(=O)C(F)F)c6)cc5n4)n3)CC2)C1. The van der Waals surface area contributed by atoms with E-state index in [9.17, 15) is 27.1 Å². The molecule has 2 N–H and O–H groups in total. The van der Waals surface area contributed by atoms with Gasteiger partial charge in [-0.3, -0.25) is 9.78 Å². The number of nitrogens with zero attached hydrogens (tertiary/aromatic N) is 5. The van der Waals surface area contributed by atoms with E-state index in [-0.39, 0.29) is 17.5 Å². The van der Waals surface area contributed by atoms with Crippen LogP contribution in [0.5, 0.6) is 0 Å². The molecule has 2 aliphatic rings. The molecular weight excluding hydrogens is 578 g/mol. The van der Waals surface area contributed by atoms with E-state index in [2.05, 4.69) is 20.2 Å². The van der Waals surface area contributed by atoms with Gasteiger partial charge in [0.2, 0.25) is 15.8 Å². The van der Waals surface area contributed by atoms with Crippen molar-refractivity contribution in [2.24, 2.45) is 5.41 Å². The highest BCUT2D eigenvalue weighted by Crippen LogP contribution is 2.54. The van der Waals surface area contributed by atoms with Crippen molar-refractivity contribution in [1.82, 2.24) is 25.3 Å². The average molecular weight is 609 g/mol. The summed E-state index contributed by atoms with van der Waals surface area (Å²) in [5.74, 6) is -3.57. The molecule has 13 heteroatoms. The minimum absolute atomic E-state index is 0.00996. The number of aromatic nitrogens is 4. The Balaban J connectivity index is 1.14. The van der Waals surface area contributed by atoms with Crippen LogP contribution in [0.25, 0.3) is 22.3 Å². The molecule has 4 aromatic rings. The molecule has 224 valence electrons. The summed E-state index contributed by atoms with van der Waals surface area (Å²) >= 11 is 0. The van der Waals surface area contributed by atoms with E-state index in [1.807, 2.05) is 19.1 Å². The molecule has 0 unspecified atom stereocenters. The number of amides is 1. The van der Waals surface area contributed by atoms with Gasteiger partial charge in [0.1, 0.15) is 0 Å². The van der Waals surface area contributed by atoms with Crippen molar-refractivity contribution in [3.8, 4) is 11.4 Å². The highest BCUT2D eigenvalue weighted by atomic mass is 32.2. The summed E-state index contributed by atoms with van der Waals surface area (Å²) in [5, 5.41) is 13.6. The number of nitrogens with one attached hydrogen (secondary N) is 1. The van der Waals surface area contributed by atoms with Gasteiger partial charge in [-0.05, 0) is 80.5 Å². The number of hydrogen-bond acceptors (Lipinski definition) is 9. The fourth-order valence-corrected chi connectivity index (χ4v) is 6.99. The number of benzene rings is 1. The minimum atomic E-state index is -4.82. The van der Waals surface area contributed by atoms with Crippen LogP contribution in [0.15, 0.2) is 65.8 Å². The third kappa shape index (κ3) is 5.91. The number of rotatable bonds is 7. The third-order valence-corrected chi connectivity index (χ3v) is 9.62. The molecule has 6 rings (SSSR count). The zero-order valence-corrected chi connectivity index (χ0v) is 24.2. The summed E-state index contributed by atoms with van der Waals surface area (Å²) in [7, 11) is -4.82. The van der Waals surface area contributed by atoms with Crippen molar-refractivity contribution in [3.63, 3.8) is 0 Å². The standard InChI is InChI=1S/C30H30F2N6O4S/c1-29(40)17-30(18-29)8-11-38(12-9-30)28-33-10-7-24(37-28)23-6-5-20-15-34-21(14-25(20)36-23)16-35-26(39)19-3-2-4-22(13-19)43(41,42)27(31)32/h2-7,10,13-15,27,40H,8-9,11-12,16-18H2,1H3,(H,35,39). The number of carbonyl (C=O) groups is 1. The zero-order valence-electron chi connectivity index (χ0n) is 23.4. The maximum Gasteiger partial charge on any atom is 0.341 e. The van der Waals surface area contributed by atoms with Crippen LogP contribution >= 0.6 is 0 Å². The van der Waals surface area contributed by atoms with E-state index in [1.165, 1.54) is 12.1 Å². The van der Waals surface area contributed by atoms with E-state index in [1.54, 1.807) is 24.5 Å². The summed E-state index contributed by atoms with van der Waals surface area (Å²) < 4.78 is 49.4. The topological polar surface area (TPSA) is 138 Å². The molecule has 0 atom stereocenters. The van der Waals surface area contributed by atoms with Crippen LogP contribution in [0.4, 0.5) is 14.7 Å². The lowest BCUT2D eigenvalue weighted by Crippen LogP contribution is -2.55. The van der Waals surface area contributed by atoms with Gasteiger partial charge in [0, 0.05) is 36.4 Å². The van der Waals surface area contributed by atoms with Crippen molar-refractivity contribution < 1.29 is 27.1 Å². The Morgan fingerprint density at radius 2 is 1.79 bits per heavy atom. The van der Waals surface area contributed by atoms with Gasteiger partial charge in [0.25, 0.3) is 5.91 Å². The van der Waals surface area contributed by atoms with Gasteiger partial charge in [-0.2, -0.15) is 8.78 Å². The summed E-state index contributed by atoms with van der Waals surface area (Å²) in [6.45, 7) is 3.57. The minimum Gasteiger partial charge on any atom is -0.390 e. The van der Waals surface area contributed by atoms with E-state index in [4.69, 9.17) is 9.97 Å². The molecule has 2 fully saturated rings. The number of halogens is 2. The lowest BCUT2D eigenvalue weighted by molar-refractivity contribution is -0.124. The summed E-state index contributed by atoms with van der Waals surface area (Å²) in [6.07, 6.45) is 7.03. The number of pyridine rings is 2. The number of piperidine rings is 1. The number of alkyl halides is 2. The molecule has 0 radical (unpaired) electrons. The second-order valence-corrected chi connectivity index (χ2v) is 13.6. The van der Waals surface area contributed by atoms with E-state index >= 15 is 0 Å². The van der Waals surface area contributed by atoms with E-state index in [0.29, 0.717) is 28.5 Å². The quantitative estimate of drug-likeness (QED) is 0.317. The Kier molecular flexibility index (Phi) is 7.33. The van der Waals surface area contributed by atoms with Crippen LogP contribution < -0.4 is 10.2 Å². The predicted octanol–water partition coefficient (Wildman–Crippen LogP) is 4.14. The highest BCUT2D eigenvalue weighted by molar-refractivity contribution is 7.91. The number of hydrogen-bond donors (Lipinski definition) is 2. The van der Waals surface area contributed by atoms with Gasteiger partial charge < -0.3 is 15.3 Å². The monoisotopic (exact) mass is 608 g/mol. The number of aliphatic hydroxyl groups is 1. The summed E-state index contributed by atoms with van der Waals surface area (Å²) in [4.78, 5) is 32.6. The fraction of sp³-hybridized carbons (Fsp3) is 0.367. The summed E-state index contributed by atoms with van der Waals surface area (Å²) in [6, 6.07) is 11.8. The van der Waals surface area contributed by atoms with Gasteiger partial charge in [-0.15, -0.1) is 0 Å². The van der Waals surface area contributed by atoms with Crippen LogP contribution in [0, 0.1) is 5.41 Å². The van der Waals surface area contributed by atoms with Crippen molar-refractivity contribution in [2.45, 2.75) is 55.4 Å². The second-order valence-electron chi connectivity index (χ2n) is 11.7. The van der Waals surface area contributed by atoms with Crippen molar-refractivity contribution in [3.05, 3.63) is 72.2 Å². The molecule has 1 spiro atoms. The second kappa shape index (κ2) is 10.9. The number of fused-ring (bicyclic) bond motifs is 1. The Labute approximate surface area is 247 Å². The maximum absolute atomic E-state index is 12.9. The lowest BCUT2D eigenvalue weighted by Gasteiger charge is -2.55. The van der Waals surface area contributed by atoms with E-state index < -0.39 is 32.0 Å².